The minimum Gasteiger partial charge on any atom is -0.383 e. The molecule has 0 amide bonds. The van der Waals surface area contributed by atoms with Crippen molar-refractivity contribution in [3.63, 3.8) is 0 Å². The molecule has 6 heteroatoms. The van der Waals surface area contributed by atoms with Crippen molar-refractivity contribution in [1.29, 1.82) is 0 Å². The first-order chi connectivity index (χ1) is 13.2. The fourth-order valence-electron chi connectivity index (χ4n) is 4.78. The molecule has 0 bridgehead atoms. The maximum absolute atomic E-state index is 13.6. The molecule has 2 aromatic rings. The summed E-state index contributed by atoms with van der Waals surface area (Å²) < 4.78 is 18.9. The van der Waals surface area contributed by atoms with Crippen molar-refractivity contribution >= 4 is 0 Å². The predicted octanol–water partition coefficient (Wildman–Crippen LogP) is 3.15. The number of hydrogen-bond acceptors (Lipinski definition) is 4. The number of aromatic nitrogens is 2. The molecule has 5 nitrogen and oxygen atoms in total. The smallest absolute Gasteiger partial charge is 0.123 e. The van der Waals surface area contributed by atoms with Crippen molar-refractivity contribution in [3.05, 3.63) is 41.8 Å². The Bertz CT molecular complexity index is 764. The molecule has 1 aromatic heterocycles. The van der Waals surface area contributed by atoms with E-state index in [9.17, 15) is 4.39 Å². The van der Waals surface area contributed by atoms with Crippen molar-refractivity contribution in [2.45, 2.75) is 25.8 Å². The van der Waals surface area contributed by atoms with E-state index in [1.807, 2.05) is 12.3 Å². The highest BCUT2D eigenvalue weighted by Gasteiger charge is 2.41. The first-order valence-corrected chi connectivity index (χ1v) is 9.89. The molecule has 0 aliphatic carbocycles. The average molecular weight is 372 g/mol. The maximum atomic E-state index is 13.6. The summed E-state index contributed by atoms with van der Waals surface area (Å²) in [6, 6.07) is 6.72. The van der Waals surface area contributed by atoms with Crippen LogP contribution in [0.5, 0.6) is 0 Å². The Morgan fingerprint density at radius 2 is 2.11 bits per heavy atom. The molecule has 1 N–H and O–H groups in total. The zero-order valence-corrected chi connectivity index (χ0v) is 16.1. The van der Waals surface area contributed by atoms with E-state index in [1.165, 1.54) is 38.4 Å². The van der Waals surface area contributed by atoms with Crippen molar-refractivity contribution in [3.8, 4) is 11.3 Å². The lowest BCUT2D eigenvalue weighted by atomic mass is 9.79. The van der Waals surface area contributed by atoms with E-state index >= 15 is 0 Å². The second-order valence-electron chi connectivity index (χ2n) is 8.11. The Morgan fingerprint density at radius 1 is 1.22 bits per heavy atom. The monoisotopic (exact) mass is 372 g/mol. The highest BCUT2D eigenvalue weighted by molar-refractivity contribution is 5.62. The van der Waals surface area contributed by atoms with Crippen molar-refractivity contribution in [2.75, 3.05) is 46.4 Å². The quantitative estimate of drug-likeness (QED) is 0.846. The molecule has 146 valence electrons. The van der Waals surface area contributed by atoms with Gasteiger partial charge in [0.25, 0.3) is 0 Å². The molecule has 3 heterocycles. The van der Waals surface area contributed by atoms with Gasteiger partial charge in [-0.15, -0.1) is 0 Å². The van der Waals surface area contributed by atoms with Gasteiger partial charge in [-0.2, -0.15) is 5.10 Å². The van der Waals surface area contributed by atoms with Crippen LogP contribution in [-0.4, -0.2) is 66.4 Å². The molecule has 2 aliphatic heterocycles. The van der Waals surface area contributed by atoms with Gasteiger partial charge >= 0.3 is 0 Å². The number of hydrogen-bond donors (Lipinski definition) is 1. The van der Waals surface area contributed by atoms with Crippen LogP contribution < -0.4 is 0 Å². The summed E-state index contributed by atoms with van der Waals surface area (Å²) in [5, 5.41) is 7.28. The Kier molecular flexibility index (Phi) is 5.57. The van der Waals surface area contributed by atoms with Crippen LogP contribution in [0.4, 0.5) is 4.39 Å². The molecule has 2 saturated heterocycles. The summed E-state index contributed by atoms with van der Waals surface area (Å²) in [6.45, 7) is 7.32. The number of ether oxygens (including phenoxy) is 1. The van der Waals surface area contributed by atoms with Gasteiger partial charge in [-0.25, -0.2) is 4.39 Å². The van der Waals surface area contributed by atoms with Crippen molar-refractivity contribution in [2.24, 2.45) is 5.41 Å². The molecule has 27 heavy (non-hydrogen) atoms. The Balaban J connectivity index is 1.41. The summed E-state index contributed by atoms with van der Waals surface area (Å²) in [5.41, 5.74) is 3.35. The maximum Gasteiger partial charge on any atom is 0.123 e. The summed E-state index contributed by atoms with van der Waals surface area (Å²) in [4.78, 5) is 5.10. The third-order valence-corrected chi connectivity index (χ3v) is 6.09. The second kappa shape index (κ2) is 8.09. The summed E-state index contributed by atoms with van der Waals surface area (Å²) in [5.74, 6) is -0.216. The predicted molar refractivity (Wildman–Crippen MR) is 104 cm³/mol. The number of aromatic amines is 1. The van der Waals surface area contributed by atoms with E-state index in [0.29, 0.717) is 5.41 Å². The van der Waals surface area contributed by atoms with E-state index in [2.05, 4.69) is 20.0 Å². The Labute approximate surface area is 160 Å². The van der Waals surface area contributed by atoms with Crippen LogP contribution >= 0.6 is 0 Å². The number of rotatable bonds is 6. The van der Waals surface area contributed by atoms with Gasteiger partial charge in [-0.3, -0.25) is 10.00 Å². The average Bonchev–Trinajstić information content (AvgIpc) is 3.28. The number of benzene rings is 1. The second-order valence-corrected chi connectivity index (χ2v) is 8.11. The fourth-order valence-corrected chi connectivity index (χ4v) is 4.78. The van der Waals surface area contributed by atoms with Gasteiger partial charge in [0.1, 0.15) is 5.82 Å². The van der Waals surface area contributed by atoms with Gasteiger partial charge in [0.2, 0.25) is 0 Å². The lowest BCUT2D eigenvalue weighted by molar-refractivity contribution is 0.0674. The van der Waals surface area contributed by atoms with Gasteiger partial charge in [-0.05, 0) is 49.9 Å². The molecule has 1 aromatic carbocycles. The van der Waals surface area contributed by atoms with Crippen LogP contribution in [0.15, 0.2) is 30.5 Å². The van der Waals surface area contributed by atoms with Crippen LogP contribution in [-0.2, 0) is 11.3 Å². The van der Waals surface area contributed by atoms with Gasteiger partial charge in [-0.1, -0.05) is 12.1 Å². The minimum absolute atomic E-state index is 0.216. The molecular formula is C21H29FN4O. The van der Waals surface area contributed by atoms with Crippen LogP contribution in [0.2, 0.25) is 0 Å². The Hall–Kier alpha value is -1.76. The molecule has 4 rings (SSSR count). The van der Waals surface area contributed by atoms with Gasteiger partial charge in [0.15, 0.2) is 0 Å². The first-order valence-electron chi connectivity index (χ1n) is 9.89. The molecule has 2 fully saturated rings. The Morgan fingerprint density at radius 3 is 2.96 bits per heavy atom. The van der Waals surface area contributed by atoms with E-state index < -0.39 is 0 Å². The highest BCUT2D eigenvalue weighted by atomic mass is 19.1. The van der Waals surface area contributed by atoms with Gasteiger partial charge in [0.05, 0.1) is 18.5 Å². The van der Waals surface area contributed by atoms with Crippen LogP contribution in [0.1, 0.15) is 24.8 Å². The fraction of sp³-hybridized carbons (Fsp3) is 0.571. The minimum atomic E-state index is -0.216. The topological polar surface area (TPSA) is 44.4 Å². The molecular weight excluding hydrogens is 343 g/mol. The molecule has 2 aliphatic rings. The molecule has 0 radical (unpaired) electrons. The van der Waals surface area contributed by atoms with E-state index in [-0.39, 0.29) is 5.82 Å². The molecule has 1 atom stereocenters. The van der Waals surface area contributed by atoms with Crippen LogP contribution in [0, 0.1) is 11.2 Å². The van der Waals surface area contributed by atoms with Gasteiger partial charge in [0, 0.05) is 44.4 Å². The lowest BCUT2D eigenvalue weighted by Crippen LogP contribution is -2.45. The molecule has 1 spiro atoms. The number of H-pyrrole nitrogens is 1. The van der Waals surface area contributed by atoms with E-state index in [1.54, 1.807) is 19.2 Å². The molecule has 1 unspecified atom stereocenters. The normalized spacial score (nSPS) is 24.1. The lowest BCUT2D eigenvalue weighted by Gasteiger charge is -2.40. The standard InChI is InChI=1S/C21H29FN4O/c1-27-11-10-25-8-3-6-21(15-25)7-9-26(16-21)14-18-13-23-24-20(18)17-4-2-5-19(22)12-17/h2,4-5,12-13H,3,6-11,14-16H2,1H3,(H,23,24). The first kappa shape index (κ1) is 18.6. The van der Waals surface area contributed by atoms with Crippen molar-refractivity contribution in [1.82, 2.24) is 20.0 Å². The number of nitrogens with one attached hydrogen (secondary N) is 1. The van der Waals surface area contributed by atoms with E-state index in [4.69, 9.17) is 4.74 Å². The number of piperidine rings is 1. The van der Waals surface area contributed by atoms with E-state index in [0.717, 1.165) is 49.6 Å². The summed E-state index contributed by atoms with van der Waals surface area (Å²) in [7, 11) is 1.78. The van der Waals surface area contributed by atoms with Crippen LogP contribution in [0.3, 0.4) is 0 Å². The highest BCUT2D eigenvalue weighted by Crippen LogP contribution is 2.39. The number of likely N-dealkylation sites (tertiary alicyclic amines) is 2. The third-order valence-electron chi connectivity index (χ3n) is 6.09. The van der Waals surface area contributed by atoms with Gasteiger partial charge < -0.3 is 9.64 Å². The summed E-state index contributed by atoms with van der Waals surface area (Å²) >= 11 is 0. The largest absolute Gasteiger partial charge is 0.383 e. The summed E-state index contributed by atoms with van der Waals surface area (Å²) in [6.07, 6.45) is 5.73. The van der Waals surface area contributed by atoms with Crippen molar-refractivity contribution < 1.29 is 9.13 Å². The number of methoxy groups -OCH3 is 1. The third kappa shape index (κ3) is 4.23. The zero-order chi connectivity index (χ0) is 18.7. The van der Waals surface area contributed by atoms with Crippen LogP contribution in [0.25, 0.3) is 11.3 Å². The number of halogens is 1. The zero-order valence-electron chi connectivity index (χ0n) is 16.1. The molecule has 0 saturated carbocycles. The SMILES string of the molecule is COCCN1CCCC2(CCN(Cc3cn[nH]c3-c3cccc(F)c3)C2)C1. The number of nitrogens with zero attached hydrogens (tertiary/aromatic N) is 3.